The van der Waals surface area contributed by atoms with Crippen LogP contribution in [0.2, 0.25) is 0 Å². The lowest BCUT2D eigenvalue weighted by molar-refractivity contribution is -0.131. The molecule has 3 aliphatic rings. The van der Waals surface area contributed by atoms with Gasteiger partial charge in [-0.15, -0.1) is 0 Å². The van der Waals surface area contributed by atoms with Crippen LogP contribution in [0, 0.1) is 0 Å². The number of aromatic amines is 1. The molecule has 0 saturated heterocycles. The van der Waals surface area contributed by atoms with Crippen LogP contribution in [0.25, 0.3) is 10.9 Å². The number of fused-ring (bicyclic) bond motifs is 7. The summed E-state index contributed by atoms with van der Waals surface area (Å²) < 4.78 is 0. The zero-order valence-corrected chi connectivity index (χ0v) is 19.1. The molecule has 34 heavy (non-hydrogen) atoms. The van der Waals surface area contributed by atoms with Crippen LogP contribution in [-0.2, 0) is 16.0 Å². The summed E-state index contributed by atoms with van der Waals surface area (Å²) in [4.78, 5) is 45.0. The van der Waals surface area contributed by atoms with Crippen LogP contribution in [0.3, 0.4) is 0 Å². The molecule has 1 fully saturated rings. The Bertz CT molecular complexity index is 1310. The Labute approximate surface area is 197 Å². The highest BCUT2D eigenvalue weighted by Gasteiger charge is 2.49. The molecule has 3 N–H and O–H groups in total. The molecule has 7 heteroatoms. The van der Waals surface area contributed by atoms with Crippen LogP contribution in [0.4, 0.5) is 0 Å². The number of nitrogens with one attached hydrogen (secondary N) is 3. The van der Waals surface area contributed by atoms with Crippen LogP contribution in [0.1, 0.15) is 65.8 Å². The van der Waals surface area contributed by atoms with Gasteiger partial charge in [-0.3, -0.25) is 14.4 Å². The molecule has 2 aliphatic heterocycles. The molecule has 0 bridgehead atoms. The highest BCUT2D eigenvalue weighted by molar-refractivity contribution is 6.04. The summed E-state index contributed by atoms with van der Waals surface area (Å²) in [7, 11) is 0. The van der Waals surface area contributed by atoms with Gasteiger partial charge >= 0.3 is 0 Å². The topological polar surface area (TPSA) is 94.3 Å². The number of hydrogen-bond donors (Lipinski definition) is 3. The van der Waals surface area contributed by atoms with E-state index in [4.69, 9.17) is 0 Å². The van der Waals surface area contributed by atoms with Gasteiger partial charge in [0.25, 0.3) is 5.91 Å². The third-order valence-corrected chi connectivity index (χ3v) is 7.61. The number of benzene rings is 2. The summed E-state index contributed by atoms with van der Waals surface area (Å²) in [6, 6.07) is 14.1. The van der Waals surface area contributed by atoms with E-state index in [1.165, 1.54) is 0 Å². The van der Waals surface area contributed by atoms with E-state index in [-0.39, 0.29) is 29.8 Å². The van der Waals surface area contributed by atoms with Crippen molar-refractivity contribution in [3.63, 3.8) is 0 Å². The third-order valence-electron chi connectivity index (χ3n) is 7.61. The molecule has 174 valence electrons. The van der Waals surface area contributed by atoms with Crippen molar-refractivity contribution < 1.29 is 14.4 Å². The minimum Gasteiger partial charge on any atom is -0.356 e. The predicted molar refractivity (Wildman–Crippen MR) is 128 cm³/mol. The van der Waals surface area contributed by atoms with E-state index in [1.807, 2.05) is 42.5 Å². The molecule has 6 rings (SSSR count). The fourth-order valence-electron chi connectivity index (χ4n) is 5.91. The lowest BCUT2D eigenvalue weighted by Crippen LogP contribution is -2.56. The first-order valence-electron chi connectivity index (χ1n) is 12.1. The highest BCUT2D eigenvalue weighted by atomic mass is 16.2. The van der Waals surface area contributed by atoms with E-state index in [0.29, 0.717) is 12.0 Å². The average Bonchev–Trinajstić information content (AvgIpc) is 3.56. The van der Waals surface area contributed by atoms with Gasteiger partial charge < -0.3 is 20.5 Å². The Balaban J connectivity index is 1.34. The second kappa shape index (κ2) is 8.01. The quantitative estimate of drug-likeness (QED) is 0.563. The Hall–Kier alpha value is -3.61. The van der Waals surface area contributed by atoms with Crippen molar-refractivity contribution in [1.82, 2.24) is 20.5 Å². The summed E-state index contributed by atoms with van der Waals surface area (Å²) in [6.07, 6.45) is 4.62. The number of para-hydroxylation sites is 1. The second-order valence-electron chi connectivity index (χ2n) is 9.71. The SMILES string of the molecule is CC(NC(=O)C1Cc2c([nH]c3ccccc23)C2c3ccccc3C(=O)N12)C(=O)NC1CCCC1. The lowest BCUT2D eigenvalue weighted by Gasteiger charge is -2.37. The Morgan fingerprint density at radius 2 is 1.79 bits per heavy atom. The Kier molecular flexibility index (Phi) is 4.94. The summed E-state index contributed by atoms with van der Waals surface area (Å²) >= 11 is 0. The summed E-state index contributed by atoms with van der Waals surface area (Å²) in [5.41, 5.74) is 4.56. The smallest absolute Gasteiger partial charge is 0.255 e. The minimum atomic E-state index is -0.696. The molecule has 7 nitrogen and oxygen atoms in total. The van der Waals surface area contributed by atoms with Crippen molar-refractivity contribution in [1.29, 1.82) is 0 Å². The predicted octanol–water partition coefficient (Wildman–Crippen LogP) is 3.20. The largest absolute Gasteiger partial charge is 0.356 e. The first-order chi connectivity index (χ1) is 16.5. The zero-order chi connectivity index (χ0) is 23.4. The van der Waals surface area contributed by atoms with Gasteiger partial charge in [-0.05, 0) is 43.0 Å². The molecule has 2 aromatic carbocycles. The van der Waals surface area contributed by atoms with Crippen LogP contribution in [0.5, 0.6) is 0 Å². The lowest BCUT2D eigenvalue weighted by atomic mass is 9.90. The minimum absolute atomic E-state index is 0.145. The maximum Gasteiger partial charge on any atom is 0.255 e. The van der Waals surface area contributed by atoms with Gasteiger partial charge in [-0.1, -0.05) is 49.2 Å². The number of amides is 3. The van der Waals surface area contributed by atoms with Crippen molar-refractivity contribution in [3.8, 4) is 0 Å². The fraction of sp³-hybridized carbons (Fsp3) is 0.370. The van der Waals surface area contributed by atoms with E-state index >= 15 is 0 Å². The number of H-pyrrole nitrogens is 1. The molecule has 3 unspecified atom stereocenters. The van der Waals surface area contributed by atoms with Crippen molar-refractivity contribution in [3.05, 3.63) is 70.9 Å². The van der Waals surface area contributed by atoms with Crippen molar-refractivity contribution >= 4 is 28.6 Å². The zero-order valence-electron chi connectivity index (χ0n) is 19.1. The first-order valence-corrected chi connectivity index (χ1v) is 12.1. The monoisotopic (exact) mass is 456 g/mol. The molecular weight excluding hydrogens is 428 g/mol. The third kappa shape index (κ3) is 3.22. The number of rotatable bonds is 4. The van der Waals surface area contributed by atoms with Crippen molar-refractivity contribution in [2.75, 3.05) is 0 Å². The molecule has 3 aromatic rings. The van der Waals surface area contributed by atoms with Gasteiger partial charge in [0, 0.05) is 34.6 Å². The second-order valence-corrected chi connectivity index (χ2v) is 9.71. The Morgan fingerprint density at radius 1 is 1.06 bits per heavy atom. The number of hydrogen-bond acceptors (Lipinski definition) is 3. The molecule has 3 heterocycles. The van der Waals surface area contributed by atoms with E-state index in [0.717, 1.165) is 53.4 Å². The molecule has 0 radical (unpaired) electrons. The molecule has 0 spiro atoms. The van der Waals surface area contributed by atoms with Crippen LogP contribution < -0.4 is 10.6 Å². The molecule has 3 atom stereocenters. The number of carbonyl (C=O) groups excluding carboxylic acids is 3. The number of nitrogens with zero attached hydrogens (tertiary/aromatic N) is 1. The van der Waals surface area contributed by atoms with Gasteiger partial charge in [0.05, 0.1) is 6.04 Å². The summed E-state index contributed by atoms with van der Waals surface area (Å²) in [5, 5.41) is 7.02. The van der Waals surface area contributed by atoms with Gasteiger partial charge in [0.2, 0.25) is 11.8 Å². The van der Waals surface area contributed by atoms with Crippen LogP contribution >= 0.6 is 0 Å². The first kappa shape index (κ1) is 21.0. The summed E-state index contributed by atoms with van der Waals surface area (Å²) in [6.45, 7) is 1.71. The number of aromatic nitrogens is 1. The van der Waals surface area contributed by atoms with Crippen molar-refractivity contribution in [2.24, 2.45) is 0 Å². The fourth-order valence-corrected chi connectivity index (χ4v) is 5.91. The van der Waals surface area contributed by atoms with E-state index in [9.17, 15) is 14.4 Å². The van der Waals surface area contributed by atoms with Crippen molar-refractivity contribution in [2.45, 2.75) is 63.2 Å². The molecular formula is C27H28N4O3. The van der Waals surface area contributed by atoms with Gasteiger partial charge in [-0.25, -0.2) is 0 Å². The Morgan fingerprint density at radius 3 is 2.62 bits per heavy atom. The molecule has 1 aromatic heterocycles. The van der Waals surface area contributed by atoms with Crippen LogP contribution in [-0.4, -0.2) is 45.7 Å². The average molecular weight is 457 g/mol. The molecule has 1 saturated carbocycles. The van der Waals surface area contributed by atoms with Gasteiger partial charge in [0.1, 0.15) is 12.1 Å². The van der Waals surface area contributed by atoms with Crippen LogP contribution in [0.15, 0.2) is 48.5 Å². The molecule has 3 amide bonds. The molecule has 1 aliphatic carbocycles. The van der Waals surface area contributed by atoms with E-state index in [2.05, 4.69) is 21.7 Å². The number of carbonyl (C=O) groups is 3. The maximum absolute atomic E-state index is 13.6. The maximum atomic E-state index is 13.6. The van der Waals surface area contributed by atoms with E-state index in [1.54, 1.807) is 11.8 Å². The van der Waals surface area contributed by atoms with Gasteiger partial charge in [-0.2, -0.15) is 0 Å². The summed E-state index contributed by atoms with van der Waals surface area (Å²) in [5.74, 6) is -0.610. The van der Waals surface area contributed by atoms with E-state index < -0.39 is 12.1 Å². The van der Waals surface area contributed by atoms with Gasteiger partial charge in [0.15, 0.2) is 0 Å². The standard InChI is InChI=1S/C27H28N4O3/c1-15(25(32)29-16-8-2-3-9-16)28-26(33)22-14-20-17-10-6-7-13-21(17)30-23(20)24-18-11-4-5-12-19(18)27(34)31(22)24/h4-7,10-13,15-16,22,24,30H,2-3,8-9,14H2,1H3,(H,28,33)(H,29,32). The normalized spacial score (nSPS) is 22.3. The highest BCUT2D eigenvalue weighted by Crippen LogP contribution is 2.46.